The zero-order valence-electron chi connectivity index (χ0n) is 14.6. The second kappa shape index (κ2) is 6.80. The van der Waals surface area contributed by atoms with E-state index in [4.69, 9.17) is 9.72 Å². The Morgan fingerprint density at radius 3 is 2.46 bits per heavy atom. The van der Waals surface area contributed by atoms with Gasteiger partial charge in [-0.05, 0) is 30.7 Å². The van der Waals surface area contributed by atoms with Crippen LogP contribution in [-0.2, 0) is 0 Å². The molecule has 0 bridgehead atoms. The monoisotopic (exact) mass is 342 g/mol. The second-order valence-corrected chi connectivity index (χ2v) is 5.96. The van der Waals surface area contributed by atoms with Crippen LogP contribution in [0.5, 0.6) is 5.75 Å². The minimum atomic E-state index is 0.677. The van der Waals surface area contributed by atoms with Gasteiger partial charge in [0.05, 0.1) is 7.11 Å². The van der Waals surface area contributed by atoms with E-state index in [2.05, 4.69) is 10.2 Å². The van der Waals surface area contributed by atoms with Crippen molar-refractivity contribution in [3.05, 3.63) is 78.5 Å². The third-order valence-electron chi connectivity index (χ3n) is 4.13. The first-order valence-corrected chi connectivity index (χ1v) is 8.35. The predicted molar refractivity (Wildman–Crippen MR) is 103 cm³/mol. The number of hydrogen-bond acceptors (Lipinski definition) is 4. The molecule has 0 atom stereocenters. The molecule has 0 saturated heterocycles. The van der Waals surface area contributed by atoms with E-state index < -0.39 is 0 Å². The van der Waals surface area contributed by atoms with Crippen LogP contribution in [0, 0.1) is 6.92 Å². The average Bonchev–Trinajstić information content (AvgIpc) is 3.05. The fraction of sp³-hybridized carbons (Fsp3) is 0.0952. The summed E-state index contributed by atoms with van der Waals surface area (Å²) in [7, 11) is 1.63. The van der Waals surface area contributed by atoms with Crippen molar-refractivity contribution in [1.82, 2.24) is 9.38 Å². The maximum Gasteiger partial charge on any atom is 0.187 e. The zero-order valence-corrected chi connectivity index (χ0v) is 14.6. The highest BCUT2D eigenvalue weighted by atomic mass is 16.5. The van der Waals surface area contributed by atoms with Crippen LogP contribution in [0.15, 0.2) is 83.2 Å². The molecule has 5 heteroatoms. The number of pyridine rings is 1. The highest BCUT2D eigenvalue weighted by molar-refractivity contribution is 5.74. The number of rotatable bonds is 4. The van der Waals surface area contributed by atoms with Gasteiger partial charge in [0, 0.05) is 11.8 Å². The van der Waals surface area contributed by atoms with Crippen molar-refractivity contribution in [3.63, 3.8) is 0 Å². The fourth-order valence-electron chi connectivity index (χ4n) is 2.84. The Bertz CT molecular complexity index is 1080. The van der Waals surface area contributed by atoms with Crippen molar-refractivity contribution in [3.8, 4) is 17.0 Å². The van der Waals surface area contributed by atoms with Crippen molar-refractivity contribution in [2.24, 2.45) is 10.2 Å². The van der Waals surface area contributed by atoms with E-state index in [1.807, 2.05) is 84.3 Å². The van der Waals surface area contributed by atoms with E-state index in [9.17, 15) is 0 Å². The van der Waals surface area contributed by atoms with E-state index >= 15 is 0 Å². The van der Waals surface area contributed by atoms with Crippen LogP contribution in [0.25, 0.3) is 16.9 Å². The average molecular weight is 342 g/mol. The normalized spacial score (nSPS) is 11.3. The smallest absolute Gasteiger partial charge is 0.187 e. The number of hydrogen-bond donors (Lipinski definition) is 0. The van der Waals surface area contributed by atoms with Crippen molar-refractivity contribution >= 4 is 17.2 Å². The van der Waals surface area contributed by atoms with Crippen molar-refractivity contribution in [2.45, 2.75) is 6.92 Å². The Hall–Kier alpha value is -3.47. The molecule has 0 fully saturated rings. The molecule has 0 saturated carbocycles. The van der Waals surface area contributed by atoms with Crippen LogP contribution in [0.1, 0.15) is 5.56 Å². The molecule has 128 valence electrons. The van der Waals surface area contributed by atoms with Gasteiger partial charge in [-0.25, -0.2) is 4.98 Å². The minimum Gasteiger partial charge on any atom is -0.494 e. The third kappa shape index (κ3) is 2.95. The van der Waals surface area contributed by atoms with Crippen LogP contribution in [-0.4, -0.2) is 16.5 Å². The summed E-state index contributed by atoms with van der Waals surface area (Å²) in [5.41, 5.74) is 4.45. The number of imidazole rings is 1. The molecule has 26 heavy (non-hydrogen) atoms. The number of para-hydroxylation sites is 1. The quantitative estimate of drug-likeness (QED) is 0.444. The van der Waals surface area contributed by atoms with E-state index in [1.54, 1.807) is 7.11 Å². The molecule has 4 aromatic rings. The van der Waals surface area contributed by atoms with E-state index in [-0.39, 0.29) is 0 Å². The number of aryl methyl sites for hydroxylation is 1. The van der Waals surface area contributed by atoms with Gasteiger partial charge in [0.2, 0.25) is 0 Å². The molecule has 2 heterocycles. The molecule has 0 N–H and O–H groups in total. The number of benzene rings is 2. The Morgan fingerprint density at radius 2 is 1.65 bits per heavy atom. The first kappa shape index (κ1) is 16.0. The number of ether oxygens (including phenoxy) is 1. The van der Waals surface area contributed by atoms with Crippen molar-refractivity contribution in [1.29, 1.82) is 0 Å². The van der Waals surface area contributed by atoms with E-state index in [1.165, 1.54) is 0 Å². The van der Waals surface area contributed by atoms with Crippen molar-refractivity contribution < 1.29 is 4.74 Å². The van der Waals surface area contributed by atoms with Crippen LogP contribution in [0.4, 0.5) is 11.5 Å². The molecular weight excluding hydrogens is 324 g/mol. The maximum absolute atomic E-state index is 5.36. The second-order valence-electron chi connectivity index (χ2n) is 5.96. The lowest BCUT2D eigenvalue weighted by Crippen LogP contribution is -1.85. The number of azo groups is 1. The summed E-state index contributed by atoms with van der Waals surface area (Å²) in [6, 6.07) is 21.6. The molecule has 0 aliphatic carbocycles. The zero-order chi connectivity index (χ0) is 17.9. The Balaban J connectivity index is 1.89. The van der Waals surface area contributed by atoms with Gasteiger partial charge < -0.3 is 4.74 Å². The molecule has 0 radical (unpaired) electrons. The van der Waals surface area contributed by atoms with E-state index in [0.29, 0.717) is 17.3 Å². The topological polar surface area (TPSA) is 51.2 Å². The third-order valence-corrected chi connectivity index (χ3v) is 4.13. The van der Waals surface area contributed by atoms with Gasteiger partial charge in [0.25, 0.3) is 0 Å². The SMILES string of the molecule is COc1ccccc1N=Nc1c(-c2ccccc2)nc2ccc(C)cn12. The highest BCUT2D eigenvalue weighted by Gasteiger charge is 2.14. The summed E-state index contributed by atoms with van der Waals surface area (Å²) in [5.74, 6) is 1.38. The van der Waals surface area contributed by atoms with Gasteiger partial charge in [-0.2, -0.15) is 0 Å². The van der Waals surface area contributed by atoms with Crippen molar-refractivity contribution in [2.75, 3.05) is 7.11 Å². The number of fused-ring (bicyclic) bond motifs is 1. The first-order valence-electron chi connectivity index (χ1n) is 8.35. The summed E-state index contributed by atoms with van der Waals surface area (Å²) >= 11 is 0. The Labute approximate surface area is 151 Å². The van der Waals surface area contributed by atoms with Gasteiger partial charge in [-0.15, -0.1) is 10.2 Å². The number of nitrogens with zero attached hydrogens (tertiary/aromatic N) is 4. The Kier molecular flexibility index (Phi) is 4.19. The Morgan fingerprint density at radius 1 is 0.885 bits per heavy atom. The standard InChI is InChI=1S/C21H18N4O/c1-15-12-13-19-22-20(16-8-4-3-5-9-16)21(25(19)14-15)24-23-17-10-6-7-11-18(17)26-2/h3-14H,1-2H3. The lowest BCUT2D eigenvalue weighted by atomic mass is 10.1. The molecule has 0 unspecified atom stereocenters. The van der Waals surface area contributed by atoms with Gasteiger partial charge in [0.15, 0.2) is 5.82 Å². The largest absolute Gasteiger partial charge is 0.494 e. The molecule has 4 rings (SSSR count). The van der Waals surface area contributed by atoms with E-state index in [0.717, 1.165) is 22.5 Å². The van der Waals surface area contributed by atoms with Crippen LogP contribution in [0.2, 0.25) is 0 Å². The summed E-state index contributed by atoms with van der Waals surface area (Å²) in [4.78, 5) is 4.76. The maximum atomic E-state index is 5.36. The molecule has 2 aromatic carbocycles. The van der Waals surface area contributed by atoms with Gasteiger partial charge in [-0.3, -0.25) is 4.40 Å². The molecular formula is C21H18N4O. The lowest BCUT2D eigenvalue weighted by molar-refractivity contribution is 0.416. The van der Waals surface area contributed by atoms with Gasteiger partial charge >= 0.3 is 0 Å². The summed E-state index contributed by atoms with van der Waals surface area (Å²) in [5, 5.41) is 8.96. The molecule has 0 spiro atoms. The first-order chi connectivity index (χ1) is 12.8. The molecule has 0 aliphatic heterocycles. The van der Waals surface area contributed by atoms with Crippen LogP contribution >= 0.6 is 0 Å². The highest BCUT2D eigenvalue weighted by Crippen LogP contribution is 2.34. The number of methoxy groups -OCH3 is 1. The molecule has 0 amide bonds. The minimum absolute atomic E-state index is 0.677. The summed E-state index contributed by atoms with van der Waals surface area (Å²) < 4.78 is 7.33. The molecule has 0 aliphatic rings. The van der Waals surface area contributed by atoms with Crippen LogP contribution in [0.3, 0.4) is 0 Å². The summed E-state index contributed by atoms with van der Waals surface area (Å²) in [6.45, 7) is 2.04. The molecule has 5 nitrogen and oxygen atoms in total. The fourth-order valence-corrected chi connectivity index (χ4v) is 2.84. The van der Waals surface area contributed by atoms with Gasteiger partial charge in [-0.1, -0.05) is 48.5 Å². The molecule has 2 aromatic heterocycles. The predicted octanol–water partition coefficient (Wildman–Crippen LogP) is 5.73. The van der Waals surface area contributed by atoms with Gasteiger partial charge in [0.1, 0.15) is 22.8 Å². The lowest BCUT2D eigenvalue weighted by Gasteiger charge is -2.03. The number of aromatic nitrogens is 2. The summed E-state index contributed by atoms with van der Waals surface area (Å²) in [6.07, 6.45) is 2.02. The van der Waals surface area contributed by atoms with Crippen LogP contribution < -0.4 is 4.74 Å².